The quantitative estimate of drug-likeness (QED) is 0.249. The number of fused-ring (bicyclic) bond motifs is 1. The molecule has 1 aliphatic rings. The number of aromatic amines is 1. The van der Waals surface area contributed by atoms with Crippen LogP contribution in [-0.2, 0) is 9.59 Å². The van der Waals surface area contributed by atoms with Crippen LogP contribution < -0.4 is 4.90 Å². The summed E-state index contributed by atoms with van der Waals surface area (Å²) in [6.45, 7) is 3.44. The predicted molar refractivity (Wildman–Crippen MR) is 125 cm³/mol. The summed E-state index contributed by atoms with van der Waals surface area (Å²) in [5.41, 5.74) is 3.52. The number of benzene rings is 3. The number of aliphatic hydroxyl groups excluding tert-OH is 1. The van der Waals surface area contributed by atoms with Crippen LogP contribution in [0, 0.1) is 19.7 Å². The van der Waals surface area contributed by atoms with E-state index in [2.05, 4.69) is 4.98 Å². The molecule has 0 radical (unpaired) electrons. The second-order valence-corrected chi connectivity index (χ2v) is 8.21. The van der Waals surface area contributed by atoms with Crippen molar-refractivity contribution in [2.75, 3.05) is 4.90 Å². The van der Waals surface area contributed by atoms with E-state index in [1.807, 2.05) is 43.3 Å². The first kappa shape index (κ1) is 20.7. The Morgan fingerprint density at radius 2 is 1.70 bits per heavy atom. The third-order valence-corrected chi connectivity index (χ3v) is 6.17. The second kappa shape index (κ2) is 7.74. The molecule has 1 saturated heterocycles. The average Bonchev–Trinajstić information content (AvgIpc) is 3.34. The Bertz CT molecular complexity index is 1470. The van der Waals surface area contributed by atoms with E-state index < -0.39 is 23.5 Å². The van der Waals surface area contributed by atoms with Gasteiger partial charge in [-0.2, -0.15) is 0 Å². The molecule has 5 nitrogen and oxygen atoms in total. The highest BCUT2D eigenvalue weighted by Gasteiger charge is 2.48. The maximum absolute atomic E-state index is 13.8. The molecule has 0 saturated carbocycles. The molecule has 0 aliphatic carbocycles. The molecule has 2 heterocycles. The highest BCUT2D eigenvalue weighted by molar-refractivity contribution is 6.52. The molecule has 4 aromatic rings. The summed E-state index contributed by atoms with van der Waals surface area (Å²) >= 11 is 0. The summed E-state index contributed by atoms with van der Waals surface area (Å²) in [5, 5.41) is 12.1. The Labute approximate surface area is 189 Å². The SMILES string of the molecule is Cc1cc(/C(O)=C2\C(=O)C(=O)N(c3ccccc3C)C2c2c[nH]c3ccccc23)ccc1F. The molecule has 1 atom stereocenters. The first-order chi connectivity index (χ1) is 15.9. The second-order valence-electron chi connectivity index (χ2n) is 8.21. The van der Waals surface area contributed by atoms with Gasteiger partial charge in [-0.25, -0.2) is 4.39 Å². The van der Waals surface area contributed by atoms with Crippen molar-refractivity contribution in [2.24, 2.45) is 0 Å². The van der Waals surface area contributed by atoms with Gasteiger partial charge in [0.1, 0.15) is 11.6 Å². The molecule has 3 aromatic carbocycles. The van der Waals surface area contributed by atoms with E-state index in [1.165, 1.54) is 23.1 Å². The molecule has 2 N–H and O–H groups in total. The minimum Gasteiger partial charge on any atom is -0.507 e. The maximum atomic E-state index is 13.8. The number of nitrogens with one attached hydrogen (secondary N) is 1. The number of ketones is 1. The smallest absolute Gasteiger partial charge is 0.300 e. The van der Waals surface area contributed by atoms with Gasteiger partial charge in [-0.15, -0.1) is 0 Å². The molecule has 6 heteroatoms. The molecule has 0 spiro atoms. The Kier molecular flexibility index (Phi) is 4.86. The molecule has 0 bridgehead atoms. The number of H-pyrrole nitrogens is 1. The van der Waals surface area contributed by atoms with Crippen molar-refractivity contribution >= 4 is 34.0 Å². The molecule has 1 aliphatic heterocycles. The standard InChI is InChI=1S/C27H21FN2O3/c1-15-7-3-6-10-22(15)30-24(19-14-29-21-9-5-4-8-18(19)21)23(26(32)27(30)33)25(31)17-11-12-20(28)16(2)13-17/h3-14,24,29,31H,1-2H3/b25-23+. The zero-order valence-electron chi connectivity index (χ0n) is 18.1. The molecule has 1 unspecified atom stereocenters. The van der Waals surface area contributed by atoms with E-state index in [0.29, 0.717) is 16.8 Å². The molecular formula is C27H21FN2O3. The van der Waals surface area contributed by atoms with Gasteiger partial charge in [0.15, 0.2) is 0 Å². The van der Waals surface area contributed by atoms with Crippen LogP contribution in [0.1, 0.15) is 28.3 Å². The normalized spacial score (nSPS) is 17.8. The lowest BCUT2D eigenvalue weighted by Crippen LogP contribution is -2.30. The van der Waals surface area contributed by atoms with Crippen molar-refractivity contribution < 1.29 is 19.1 Å². The summed E-state index contributed by atoms with van der Waals surface area (Å²) in [7, 11) is 0. The topological polar surface area (TPSA) is 73.4 Å². The predicted octanol–water partition coefficient (Wildman–Crippen LogP) is 5.55. The highest BCUT2D eigenvalue weighted by Crippen LogP contribution is 2.45. The van der Waals surface area contributed by atoms with Crippen molar-refractivity contribution in [1.82, 2.24) is 4.98 Å². The van der Waals surface area contributed by atoms with Crippen molar-refractivity contribution in [2.45, 2.75) is 19.9 Å². The van der Waals surface area contributed by atoms with Gasteiger partial charge in [0.05, 0.1) is 11.6 Å². The van der Waals surface area contributed by atoms with Gasteiger partial charge in [-0.1, -0.05) is 36.4 Å². The van der Waals surface area contributed by atoms with E-state index in [-0.39, 0.29) is 16.9 Å². The Morgan fingerprint density at radius 3 is 2.45 bits per heavy atom. The number of anilines is 1. The number of para-hydroxylation sites is 2. The van der Waals surface area contributed by atoms with E-state index in [0.717, 1.165) is 16.5 Å². The van der Waals surface area contributed by atoms with Crippen LogP contribution in [0.5, 0.6) is 0 Å². The van der Waals surface area contributed by atoms with E-state index in [1.54, 1.807) is 25.3 Å². The number of aliphatic hydroxyl groups is 1. The van der Waals surface area contributed by atoms with Crippen molar-refractivity contribution in [3.8, 4) is 0 Å². The third-order valence-electron chi connectivity index (χ3n) is 6.17. The number of nitrogens with zero attached hydrogens (tertiary/aromatic N) is 1. The number of amides is 1. The molecule has 33 heavy (non-hydrogen) atoms. The maximum Gasteiger partial charge on any atom is 0.300 e. The number of carbonyl (C=O) groups excluding carboxylic acids is 2. The fourth-order valence-electron chi connectivity index (χ4n) is 4.48. The summed E-state index contributed by atoms with van der Waals surface area (Å²) in [6, 6.07) is 18.1. The molecule has 5 rings (SSSR count). The number of hydrogen-bond donors (Lipinski definition) is 2. The minimum absolute atomic E-state index is 0.0287. The van der Waals surface area contributed by atoms with Crippen molar-refractivity contribution in [3.05, 3.63) is 107 Å². The summed E-state index contributed by atoms with van der Waals surface area (Å²) < 4.78 is 13.8. The van der Waals surface area contributed by atoms with E-state index in [9.17, 15) is 19.1 Å². The zero-order chi connectivity index (χ0) is 23.3. The molecule has 1 amide bonds. The first-order valence-electron chi connectivity index (χ1n) is 10.6. The lowest BCUT2D eigenvalue weighted by molar-refractivity contribution is -0.132. The largest absolute Gasteiger partial charge is 0.507 e. The number of halogens is 1. The van der Waals surface area contributed by atoms with Crippen LogP contribution in [-0.4, -0.2) is 21.8 Å². The molecule has 1 fully saturated rings. The molecular weight excluding hydrogens is 419 g/mol. The minimum atomic E-state index is -0.854. The number of Topliss-reactive ketones (excluding diaryl/α,β-unsaturated/α-hetero) is 1. The van der Waals surface area contributed by atoms with E-state index >= 15 is 0 Å². The number of aryl methyl sites for hydroxylation is 2. The first-order valence-corrected chi connectivity index (χ1v) is 10.6. The molecule has 164 valence electrons. The Morgan fingerprint density at radius 1 is 0.970 bits per heavy atom. The van der Waals surface area contributed by atoms with Crippen molar-refractivity contribution in [1.29, 1.82) is 0 Å². The monoisotopic (exact) mass is 440 g/mol. The van der Waals surface area contributed by atoms with Crippen LogP contribution >= 0.6 is 0 Å². The summed E-state index contributed by atoms with van der Waals surface area (Å²) in [6.07, 6.45) is 1.76. The lowest BCUT2D eigenvalue weighted by atomic mass is 9.94. The average molecular weight is 440 g/mol. The lowest BCUT2D eigenvalue weighted by Gasteiger charge is -2.26. The van der Waals surface area contributed by atoms with E-state index in [4.69, 9.17) is 0 Å². The van der Waals surface area contributed by atoms with Crippen molar-refractivity contribution in [3.63, 3.8) is 0 Å². The van der Waals surface area contributed by atoms with Crippen LogP contribution in [0.2, 0.25) is 0 Å². The van der Waals surface area contributed by atoms with Gasteiger partial charge in [-0.3, -0.25) is 14.5 Å². The van der Waals surface area contributed by atoms with Gasteiger partial charge in [0.2, 0.25) is 0 Å². The fraction of sp³-hybridized carbons (Fsp3) is 0.111. The van der Waals surface area contributed by atoms with Gasteiger partial charge in [0.25, 0.3) is 11.7 Å². The summed E-state index contributed by atoms with van der Waals surface area (Å²) in [4.78, 5) is 31.3. The Hall–Kier alpha value is -4.19. The van der Waals surface area contributed by atoms with Gasteiger partial charge in [0, 0.05) is 33.9 Å². The van der Waals surface area contributed by atoms with Gasteiger partial charge < -0.3 is 10.1 Å². The number of aromatic nitrogens is 1. The van der Waals surface area contributed by atoms with Crippen LogP contribution in [0.4, 0.5) is 10.1 Å². The van der Waals surface area contributed by atoms with Crippen LogP contribution in [0.15, 0.2) is 78.5 Å². The number of carbonyl (C=O) groups is 2. The van der Waals surface area contributed by atoms with Crippen LogP contribution in [0.25, 0.3) is 16.7 Å². The fourth-order valence-corrected chi connectivity index (χ4v) is 4.48. The zero-order valence-corrected chi connectivity index (χ0v) is 18.1. The number of rotatable bonds is 3. The van der Waals surface area contributed by atoms with Crippen LogP contribution in [0.3, 0.4) is 0 Å². The molecule has 1 aromatic heterocycles. The van der Waals surface area contributed by atoms with Gasteiger partial charge >= 0.3 is 0 Å². The van der Waals surface area contributed by atoms with Gasteiger partial charge in [-0.05, 0) is 55.3 Å². The summed E-state index contributed by atoms with van der Waals surface area (Å²) in [5.74, 6) is -2.25. The number of hydrogen-bond acceptors (Lipinski definition) is 3. The third kappa shape index (κ3) is 3.22. The highest BCUT2D eigenvalue weighted by atomic mass is 19.1. The Balaban J connectivity index is 1.80.